The van der Waals surface area contributed by atoms with Crippen LogP contribution in [0.15, 0.2) is 65.7 Å². The number of fused-ring (bicyclic) bond motifs is 1. The molecule has 0 aliphatic heterocycles. The van der Waals surface area contributed by atoms with E-state index in [-0.39, 0.29) is 24.0 Å². The van der Waals surface area contributed by atoms with Gasteiger partial charge >= 0.3 is 0 Å². The van der Waals surface area contributed by atoms with Gasteiger partial charge < -0.3 is 20.5 Å². The smallest absolute Gasteiger partial charge is 0.193 e. The van der Waals surface area contributed by atoms with Crippen molar-refractivity contribution in [1.82, 2.24) is 0 Å². The molecule has 0 saturated carbocycles. The molecule has 5 nitrogen and oxygen atoms in total. The lowest BCUT2D eigenvalue weighted by Crippen LogP contribution is -2.22. The standard InChI is InChI=1S/C20H21N3O2.HI/c1-24-18-5-3-4-17(12-18)23-20(21)22-13-14-6-7-16-11-19(25-2)9-8-15(16)10-14;/h3-12H,13H2,1-2H3,(H3,21,22,23);1H. The molecule has 0 aliphatic rings. The van der Waals surface area contributed by atoms with Gasteiger partial charge in [-0.1, -0.05) is 24.3 Å². The van der Waals surface area contributed by atoms with Crippen LogP contribution in [0.5, 0.6) is 11.5 Å². The van der Waals surface area contributed by atoms with E-state index in [4.69, 9.17) is 15.2 Å². The van der Waals surface area contributed by atoms with E-state index in [1.54, 1.807) is 14.2 Å². The zero-order chi connectivity index (χ0) is 17.6. The molecule has 0 fully saturated rings. The first-order chi connectivity index (χ1) is 12.2. The highest BCUT2D eigenvalue weighted by atomic mass is 127. The Hall–Kier alpha value is -2.48. The molecule has 0 unspecified atom stereocenters. The third-order valence-corrected chi connectivity index (χ3v) is 3.89. The molecule has 3 aromatic rings. The van der Waals surface area contributed by atoms with Gasteiger partial charge in [0.15, 0.2) is 5.96 Å². The van der Waals surface area contributed by atoms with Crippen LogP contribution in [0, 0.1) is 0 Å². The maximum absolute atomic E-state index is 5.98. The molecule has 0 atom stereocenters. The first kappa shape index (κ1) is 19.8. The number of methoxy groups -OCH3 is 2. The third-order valence-electron chi connectivity index (χ3n) is 3.89. The Morgan fingerprint density at radius 3 is 2.38 bits per heavy atom. The van der Waals surface area contributed by atoms with Crippen LogP contribution in [0.3, 0.4) is 0 Å². The molecule has 3 N–H and O–H groups in total. The summed E-state index contributed by atoms with van der Waals surface area (Å²) in [5.41, 5.74) is 7.91. The summed E-state index contributed by atoms with van der Waals surface area (Å²) in [6, 6.07) is 19.8. The van der Waals surface area contributed by atoms with Crippen molar-refractivity contribution in [2.24, 2.45) is 10.7 Å². The molecule has 0 bridgehead atoms. The summed E-state index contributed by atoms with van der Waals surface area (Å²) in [6.45, 7) is 0.505. The molecular weight excluding hydrogens is 441 g/mol. The molecule has 6 heteroatoms. The van der Waals surface area contributed by atoms with E-state index in [0.29, 0.717) is 12.5 Å². The van der Waals surface area contributed by atoms with Crippen molar-refractivity contribution in [3.8, 4) is 11.5 Å². The van der Waals surface area contributed by atoms with Gasteiger partial charge in [0, 0.05) is 11.8 Å². The van der Waals surface area contributed by atoms with Crippen LogP contribution in [0.2, 0.25) is 0 Å². The van der Waals surface area contributed by atoms with Crippen LogP contribution in [0.25, 0.3) is 10.8 Å². The number of rotatable bonds is 5. The van der Waals surface area contributed by atoms with Crippen LogP contribution < -0.4 is 20.5 Å². The number of nitrogens with two attached hydrogens (primary N) is 1. The maximum atomic E-state index is 5.98. The van der Waals surface area contributed by atoms with Crippen molar-refractivity contribution in [2.45, 2.75) is 6.54 Å². The lowest BCUT2D eigenvalue weighted by atomic mass is 10.1. The Morgan fingerprint density at radius 2 is 1.62 bits per heavy atom. The zero-order valence-electron chi connectivity index (χ0n) is 14.7. The average Bonchev–Trinajstić information content (AvgIpc) is 2.66. The van der Waals surface area contributed by atoms with Crippen LogP contribution in [0.1, 0.15) is 5.56 Å². The number of nitrogens with one attached hydrogen (secondary N) is 1. The molecule has 0 saturated heterocycles. The third kappa shape index (κ3) is 5.01. The van der Waals surface area contributed by atoms with E-state index in [2.05, 4.69) is 22.4 Å². The molecule has 136 valence electrons. The fourth-order valence-corrected chi connectivity index (χ4v) is 2.56. The van der Waals surface area contributed by atoms with Gasteiger partial charge in [-0.3, -0.25) is 0 Å². The van der Waals surface area contributed by atoms with Crippen molar-refractivity contribution < 1.29 is 9.47 Å². The number of hydrogen-bond donors (Lipinski definition) is 2. The minimum absolute atomic E-state index is 0. The number of nitrogens with zero attached hydrogens (tertiary/aromatic N) is 1. The van der Waals surface area contributed by atoms with Crippen LogP contribution in [0.4, 0.5) is 5.69 Å². The molecule has 26 heavy (non-hydrogen) atoms. The second-order valence-electron chi connectivity index (χ2n) is 5.61. The second kappa shape index (κ2) is 9.28. The lowest BCUT2D eigenvalue weighted by Gasteiger charge is -2.08. The Labute approximate surface area is 170 Å². The van der Waals surface area contributed by atoms with E-state index in [1.807, 2.05) is 48.5 Å². The first-order valence-electron chi connectivity index (χ1n) is 7.95. The van der Waals surface area contributed by atoms with Crippen molar-refractivity contribution in [3.63, 3.8) is 0 Å². The monoisotopic (exact) mass is 463 g/mol. The Bertz CT molecular complexity index is 912. The normalized spacial score (nSPS) is 10.9. The Morgan fingerprint density at radius 1 is 0.923 bits per heavy atom. The van der Waals surface area contributed by atoms with E-state index in [9.17, 15) is 0 Å². The van der Waals surface area contributed by atoms with Gasteiger partial charge in [-0.2, -0.15) is 0 Å². The van der Waals surface area contributed by atoms with E-state index >= 15 is 0 Å². The fraction of sp³-hybridized carbons (Fsp3) is 0.150. The van der Waals surface area contributed by atoms with Crippen molar-refractivity contribution in [3.05, 3.63) is 66.2 Å². The van der Waals surface area contributed by atoms with Crippen molar-refractivity contribution in [1.29, 1.82) is 0 Å². The molecular formula is C20H22IN3O2. The molecule has 0 spiro atoms. The van der Waals surface area contributed by atoms with Gasteiger partial charge in [-0.25, -0.2) is 4.99 Å². The quantitative estimate of drug-likeness (QED) is 0.335. The number of guanidine groups is 1. The summed E-state index contributed by atoms with van der Waals surface area (Å²) in [5, 5.41) is 5.35. The number of hydrogen-bond acceptors (Lipinski definition) is 3. The average molecular weight is 463 g/mol. The highest BCUT2D eigenvalue weighted by molar-refractivity contribution is 14.0. The topological polar surface area (TPSA) is 68.9 Å². The van der Waals surface area contributed by atoms with Crippen LogP contribution in [-0.2, 0) is 6.54 Å². The fourth-order valence-electron chi connectivity index (χ4n) is 2.56. The predicted octanol–water partition coefficient (Wildman–Crippen LogP) is 4.40. The van der Waals surface area contributed by atoms with Gasteiger partial charge in [0.25, 0.3) is 0 Å². The number of aliphatic imine (C=N–C) groups is 1. The van der Waals surface area contributed by atoms with Gasteiger partial charge in [0.2, 0.25) is 0 Å². The summed E-state index contributed by atoms with van der Waals surface area (Å²) >= 11 is 0. The summed E-state index contributed by atoms with van der Waals surface area (Å²) < 4.78 is 10.4. The number of benzene rings is 3. The molecule has 0 aromatic heterocycles. The molecule has 0 aliphatic carbocycles. The predicted molar refractivity (Wildman–Crippen MR) is 118 cm³/mol. The highest BCUT2D eigenvalue weighted by Gasteiger charge is 2.00. The van der Waals surface area contributed by atoms with E-state index in [0.717, 1.165) is 33.5 Å². The lowest BCUT2D eigenvalue weighted by molar-refractivity contribution is 0.415. The Balaban J connectivity index is 0.00000243. The molecule has 0 heterocycles. The van der Waals surface area contributed by atoms with Gasteiger partial charge in [0.05, 0.1) is 20.8 Å². The Kier molecular flexibility index (Phi) is 7.08. The van der Waals surface area contributed by atoms with Crippen LogP contribution >= 0.6 is 24.0 Å². The number of anilines is 1. The number of ether oxygens (including phenoxy) is 2. The van der Waals surface area contributed by atoms with Gasteiger partial charge in [-0.05, 0) is 46.7 Å². The van der Waals surface area contributed by atoms with Gasteiger partial charge in [0.1, 0.15) is 11.5 Å². The SMILES string of the molecule is COc1cccc(NC(N)=NCc2ccc3cc(OC)ccc3c2)c1.I. The summed E-state index contributed by atoms with van der Waals surface area (Å²) in [4.78, 5) is 4.40. The largest absolute Gasteiger partial charge is 0.497 e. The van der Waals surface area contributed by atoms with Crippen molar-refractivity contribution >= 4 is 46.4 Å². The molecule has 0 radical (unpaired) electrons. The van der Waals surface area contributed by atoms with E-state index < -0.39 is 0 Å². The summed E-state index contributed by atoms with van der Waals surface area (Å²) in [5.74, 6) is 1.98. The first-order valence-corrected chi connectivity index (χ1v) is 7.95. The highest BCUT2D eigenvalue weighted by Crippen LogP contribution is 2.22. The maximum Gasteiger partial charge on any atom is 0.193 e. The van der Waals surface area contributed by atoms with Crippen molar-refractivity contribution in [2.75, 3.05) is 19.5 Å². The number of halogens is 1. The minimum Gasteiger partial charge on any atom is -0.497 e. The van der Waals surface area contributed by atoms with E-state index in [1.165, 1.54) is 0 Å². The van der Waals surface area contributed by atoms with Gasteiger partial charge in [-0.15, -0.1) is 24.0 Å². The molecule has 0 amide bonds. The minimum atomic E-state index is 0. The summed E-state index contributed by atoms with van der Waals surface area (Å²) in [7, 11) is 3.30. The molecule has 3 rings (SSSR count). The molecule has 3 aromatic carbocycles. The van der Waals surface area contributed by atoms with Crippen LogP contribution in [-0.4, -0.2) is 20.2 Å². The summed E-state index contributed by atoms with van der Waals surface area (Å²) in [6.07, 6.45) is 0. The zero-order valence-corrected chi connectivity index (χ0v) is 17.1. The second-order valence-corrected chi connectivity index (χ2v) is 5.61.